The molecule has 0 spiro atoms. The first-order chi connectivity index (χ1) is 10.8. The zero-order valence-corrected chi connectivity index (χ0v) is 14.9. The summed E-state index contributed by atoms with van der Waals surface area (Å²) in [5.74, 6) is 0. The van der Waals surface area contributed by atoms with Gasteiger partial charge in [0.25, 0.3) is 0 Å². The minimum absolute atomic E-state index is 0.00546. The number of nitrogens with one attached hydrogen (secondary N) is 1. The van der Waals surface area contributed by atoms with E-state index in [0.717, 1.165) is 36.3 Å². The molecule has 1 saturated carbocycles. The summed E-state index contributed by atoms with van der Waals surface area (Å²) in [7, 11) is 0. The average Bonchev–Trinajstić information content (AvgIpc) is 2.46. The van der Waals surface area contributed by atoms with E-state index in [9.17, 15) is 4.79 Å². The molecule has 1 fully saturated rings. The fourth-order valence-electron chi connectivity index (χ4n) is 2.70. The molecule has 0 saturated heterocycles. The predicted molar refractivity (Wildman–Crippen MR) is 91.7 cm³/mol. The van der Waals surface area contributed by atoms with Crippen LogP contribution in [0, 0.1) is 0 Å². The van der Waals surface area contributed by atoms with Crippen LogP contribution in [-0.2, 0) is 16.1 Å². The second-order valence-corrected chi connectivity index (χ2v) is 7.45. The fraction of sp³-hybridized carbons (Fsp3) is 0.611. The highest BCUT2D eigenvalue weighted by Crippen LogP contribution is 2.23. The van der Waals surface area contributed by atoms with E-state index in [1.165, 1.54) is 0 Å². The molecule has 1 aliphatic carbocycles. The van der Waals surface area contributed by atoms with Gasteiger partial charge in [-0.05, 0) is 51.3 Å². The van der Waals surface area contributed by atoms with Crippen molar-refractivity contribution < 1.29 is 14.3 Å². The zero-order chi connectivity index (χ0) is 16.9. The van der Waals surface area contributed by atoms with Crippen molar-refractivity contribution in [1.29, 1.82) is 0 Å². The number of benzene rings is 1. The molecule has 23 heavy (non-hydrogen) atoms. The molecule has 2 unspecified atom stereocenters. The van der Waals surface area contributed by atoms with E-state index in [1.807, 2.05) is 45.0 Å². The first kappa shape index (κ1) is 18.1. The van der Waals surface area contributed by atoms with E-state index in [1.54, 1.807) is 0 Å². The molecule has 4 nitrogen and oxygen atoms in total. The summed E-state index contributed by atoms with van der Waals surface area (Å²) in [6, 6.07) is 7.64. The molecule has 1 aromatic rings. The second kappa shape index (κ2) is 8.02. The minimum atomic E-state index is -0.488. The minimum Gasteiger partial charge on any atom is -0.444 e. The molecule has 1 amide bonds. The lowest BCUT2D eigenvalue weighted by atomic mass is 9.92. The molecule has 1 aliphatic rings. The third-order valence-corrected chi connectivity index (χ3v) is 4.03. The van der Waals surface area contributed by atoms with E-state index >= 15 is 0 Å². The van der Waals surface area contributed by atoms with Crippen molar-refractivity contribution in [3.05, 3.63) is 34.9 Å². The van der Waals surface area contributed by atoms with Gasteiger partial charge in [0, 0.05) is 5.02 Å². The topological polar surface area (TPSA) is 47.6 Å². The van der Waals surface area contributed by atoms with Crippen LogP contribution in [0.3, 0.4) is 0 Å². The number of hydrogen-bond acceptors (Lipinski definition) is 3. The van der Waals surface area contributed by atoms with Crippen LogP contribution in [0.1, 0.15) is 52.0 Å². The monoisotopic (exact) mass is 339 g/mol. The van der Waals surface area contributed by atoms with E-state index in [-0.39, 0.29) is 18.2 Å². The molecule has 0 heterocycles. The maximum absolute atomic E-state index is 12.0. The maximum atomic E-state index is 12.0. The van der Waals surface area contributed by atoms with Crippen molar-refractivity contribution in [3.63, 3.8) is 0 Å². The summed E-state index contributed by atoms with van der Waals surface area (Å²) >= 11 is 5.89. The lowest BCUT2D eigenvalue weighted by Gasteiger charge is -2.32. The Bertz CT molecular complexity index is 510. The van der Waals surface area contributed by atoms with Crippen molar-refractivity contribution >= 4 is 17.7 Å². The molecule has 1 aromatic carbocycles. The Hall–Kier alpha value is -1.26. The number of amides is 1. The number of ether oxygens (including phenoxy) is 2. The van der Waals surface area contributed by atoms with Crippen LogP contribution in [0.2, 0.25) is 5.02 Å². The number of hydrogen-bond donors (Lipinski definition) is 1. The summed E-state index contributed by atoms with van der Waals surface area (Å²) in [5, 5.41) is 3.68. The van der Waals surface area contributed by atoms with Gasteiger partial charge in [-0.3, -0.25) is 0 Å². The van der Waals surface area contributed by atoms with Gasteiger partial charge in [-0.1, -0.05) is 36.6 Å². The molecule has 128 valence electrons. The molecule has 0 aromatic heterocycles. The molecular formula is C18H26ClNO3. The largest absolute Gasteiger partial charge is 0.444 e. The van der Waals surface area contributed by atoms with E-state index < -0.39 is 5.60 Å². The van der Waals surface area contributed by atoms with Crippen LogP contribution in [-0.4, -0.2) is 23.8 Å². The smallest absolute Gasteiger partial charge is 0.407 e. The Kier molecular flexibility index (Phi) is 6.31. The third-order valence-electron chi connectivity index (χ3n) is 3.78. The van der Waals surface area contributed by atoms with Crippen LogP contribution >= 0.6 is 11.6 Å². The molecule has 1 N–H and O–H groups in total. The summed E-state index contributed by atoms with van der Waals surface area (Å²) in [6.45, 7) is 6.11. The summed E-state index contributed by atoms with van der Waals surface area (Å²) in [4.78, 5) is 12.0. The molecule has 0 radical (unpaired) electrons. The average molecular weight is 340 g/mol. The van der Waals surface area contributed by atoms with E-state index in [0.29, 0.717) is 6.61 Å². The normalized spacial score (nSPS) is 21.7. The van der Waals surface area contributed by atoms with Crippen molar-refractivity contribution in [3.8, 4) is 0 Å². The Morgan fingerprint density at radius 3 is 2.52 bits per heavy atom. The van der Waals surface area contributed by atoms with Gasteiger partial charge in [-0.15, -0.1) is 0 Å². The molecule has 2 rings (SSSR count). The Balaban J connectivity index is 1.87. The zero-order valence-electron chi connectivity index (χ0n) is 14.1. The van der Waals surface area contributed by atoms with Crippen molar-refractivity contribution in [1.82, 2.24) is 5.32 Å². The number of rotatable bonds is 4. The summed E-state index contributed by atoms with van der Waals surface area (Å²) in [5.41, 5.74) is 0.592. The lowest BCUT2D eigenvalue weighted by Crippen LogP contribution is -2.47. The van der Waals surface area contributed by atoms with Gasteiger partial charge in [0.15, 0.2) is 0 Å². The number of halogens is 1. The Morgan fingerprint density at radius 2 is 1.87 bits per heavy atom. The first-order valence-electron chi connectivity index (χ1n) is 8.19. The van der Waals surface area contributed by atoms with Crippen LogP contribution in [0.5, 0.6) is 0 Å². The van der Waals surface area contributed by atoms with E-state index in [4.69, 9.17) is 21.1 Å². The highest BCUT2D eigenvalue weighted by molar-refractivity contribution is 6.30. The SMILES string of the molecule is CC(C)(C)OC(=O)NC1CCCCC1OCc1ccc(Cl)cc1. The lowest BCUT2D eigenvalue weighted by molar-refractivity contribution is -0.0113. The standard InChI is InChI=1S/C18H26ClNO3/c1-18(2,3)23-17(21)20-15-6-4-5-7-16(15)22-12-13-8-10-14(19)11-9-13/h8-11,15-16H,4-7,12H2,1-3H3,(H,20,21). The van der Waals surface area contributed by atoms with Crippen LogP contribution in [0.15, 0.2) is 24.3 Å². The van der Waals surface area contributed by atoms with Crippen LogP contribution in [0.4, 0.5) is 4.79 Å². The molecule has 5 heteroatoms. The van der Waals surface area contributed by atoms with Gasteiger partial charge < -0.3 is 14.8 Å². The van der Waals surface area contributed by atoms with E-state index in [2.05, 4.69) is 5.32 Å². The Morgan fingerprint density at radius 1 is 1.22 bits per heavy atom. The van der Waals surface area contributed by atoms with Crippen molar-refractivity contribution in [2.24, 2.45) is 0 Å². The van der Waals surface area contributed by atoms with Gasteiger partial charge in [0.05, 0.1) is 18.8 Å². The number of carbonyl (C=O) groups excluding carboxylic acids is 1. The second-order valence-electron chi connectivity index (χ2n) is 7.01. The predicted octanol–water partition coefficient (Wildman–Crippen LogP) is 4.69. The number of carbonyl (C=O) groups is 1. The summed E-state index contributed by atoms with van der Waals surface area (Å²) < 4.78 is 11.4. The van der Waals surface area contributed by atoms with Gasteiger partial charge in [0.2, 0.25) is 0 Å². The highest BCUT2D eigenvalue weighted by Gasteiger charge is 2.29. The van der Waals surface area contributed by atoms with Gasteiger partial charge in [-0.25, -0.2) is 4.79 Å². The molecule has 0 aliphatic heterocycles. The highest BCUT2D eigenvalue weighted by atomic mass is 35.5. The van der Waals surface area contributed by atoms with Crippen molar-refractivity contribution in [2.75, 3.05) is 0 Å². The van der Waals surface area contributed by atoms with Gasteiger partial charge >= 0.3 is 6.09 Å². The quantitative estimate of drug-likeness (QED) is 0.865. The third kappa shape index (κ3) is 6.40. The first-order valence-corrected chi connectivity index (χ1v) is 8.57. The van der Waals surface area contributed by atoms with Crippen LogP contribution < -0.4 is 5.32 Å². The van der Waals surface area contributed by atoms with Gasteiger partial charge in [0.1, 0.15) is 5.60 Å². The van der Waals surface area contributed by atoms with Crippen LogP contribution in [0.25, 0.3) is 0 Å². The summed E-state index contributed by atoms with van der Waals surface area (Å²) in [6.07, 6.45) is 3.74. The maximum Gasteiger partial charge on any atom is 0.407 e. The molecular weight excluding hydrogens is 314 g/mol. The molecule has 2 atom stereocenters. The molecule has 0 bridgehead atoms. The van der Waals surface area contributed by atoms with Crippen molar-refractivity contribution in [2.45, 2.75) is 70.8 Å². The Labute approximate surface area is 143 Å². The number of alkyl carbamates (subject to hydrolysis) is 1. The fourth-order valence-corrected chi connectivity index (χ4v) is 2.83. The van der Waals surface area contributed by atoms with Gasteiger partial charge in [-0.2, -0.15) is 0 Å².